The Labute approximate surface area is 162 Å². The van der Waals surface area contributed by atoms with Crippen LogP contribution in [0, 0.1) is 5.41 Å². The third-order valence-electron chi connectivity index (χ3n) is 3.12. The Kier molecular flexibility index (Phi) is 13.9. The van der Waals surface area contributed by atoms with Gasteiger partial charge in [-0.3, -0.25) is 9.59 Å². The fourth-order valence-corrected chi connectivity index (χ4v) is 1.52. The van der Waals surface area contributed by atoms with Crippen molar-refractivity contribution in [3.63, 3.8) is 0 Å². The summed E-state index contributed by atoms with van der Waals surface area (Å²) in [5.74, 6) is 0.351. The molecule has 0 bridgehead atoms. The number of nitrogens with one attached hydrogen (secondary N) is 3. The molecule has 8 nitrogen and oxygen atoms in total. The highest BCUT2D eigenvalue weighted by atomic mass is 127. The number of hydrogen-bond acceptors (Lipinski definition) is 4. The quantitative estimate of drug-likeness (QED) is 0.197. The van der Waals surface area contributed by atoms with E-state index in [4.69, 9.17) is 4.74 Å². The number of halogens is 1. The van der Waals surface area contributed by atoms with Crippen LogP contribution in [0.15, 0.2) is 4.99 Å². The Bertz CT molecular complexity index is 414. The summed E-state index contributed by atoms with van der Waals surface area (Å²) in [5, 5.41) is 8.98. The molecule has 0 heterocycles. The fourth-order valence-electron chi connectivity index (χ4n) is 1.52. The molecule has 142 valence electrons. The molecule has 0 saturated carbocycles. The minimum atomic E-state index is -0.592. The van der Waals surface area contributed by atoms with Crippen molar-refractivity contribution >= 4 is 41.8 Å². The lowest BCUT2D eigenvalue weighted by Gasteiger charge is -2.25. The SMILES string of the molecule is CCNC(=O)C(C)(C)CNC(=NCC(=O)N(C)C)NCCOC.I. The molecule has 9 heteroatoms. The van der Waals surface area contributed by atoms with E-state index >= 15 is 0 Å². The summed E-state index contributed by atoms with van der Waals surface area (Å²) >= 11 is 0. The van der Waals surface area contributed by atoms with Crippen LogP contribution in [0.5, 0.6) is 0 Å². The van der Waals surface area contributed by atoms with E-state index in [2.05, 4.69) is 20.9 Å². The van der Waals surface area contributed by atoms with Gasteiger partial charge in [0.2, 0.25) is 11.8 Å². The third-order valence-corrected chi connectivity index (χ3v) is 3.12. The summed E-state index contributed by atoms with van der Waals surface area (Å²) in [4.78, 5) is 29.4. The van der Waals surface area contributed by atoms with Crippen molar-refractivity contribution in [1.29, 1.82) is 0 Å². The van der Waals surface area contributed by atoms with Crippen LogP contribution in [-0.2, 0) is 14.3 Å². The Morgan fingerprint density at radius 2 is 1.79 bits per heavy atom. The van der Waals surface area contributed by atoms with Gasteiger partial charge in [-0.25, -0.2) is 4.99 Å². The Morgan fingerprint density at radius 3 is 2.29 bits per heavy atom. The van der Waals surface area contributed by atoms with E-state index < -0.39 is 5.41 Å². The highest BCUT2D eigenvalue weighted by Gasteiger charge is 2.27. The van der Waals surface area contributed by atoms with Gasteiger partial charge in [-0.2, -0.15) is 0 Å². The number of carbonyl (C=O) groups is 2. The predicted molar refractivity (Wildman–Crippen MR) is 107 cm³/mol. The second-order valence-electron chi connectivity index (χ2n) is 5.97. The maximum Gasteiger partial charge on any atom is 0.243 e. The molecule has 0 rings (SSSR count). The number of ether oxygens (including phenoxy) is 1. The molecule has 0 fully saturated rings. The van der Waals surface area contributed by atoms with E-state index in [1.807, 2.05) is 20.8 Å². The average Bonchev–Trinajstić information content (AvgIpc) is 2.49. The molecule has 3 N–H and O–H groups in total. The Balaban J connectivity index is 0. The molecule has 0 aliphatic heterocycles. The minimum absolute atomic E-state index is 0. The topological polar surface area (TPSA) is 95.1 Å². The van der Waals surface area contributed by atoms with E-state index in [0.29, 0.717) is 32.2 Å². The predicted octanol–water partition coefficient (Wildman–Crippen LogP) is 0.0365. The van der Waals surface area contributed by atoms with Gasteiger partial charge in [0, 0.05) is 40.8 Å². The zero-order chi connectivity index (χ0) is 17.9. The van der Waals surface area contributed by atoms with Gasteiger partial charge >= 0.3 is 0 Å². The standard InChI is InChI=1S/C15H31N5O3.HI/c1-7-16-13(22)15(2,3)11-19-14(17-8-9-23-6)18-10-12(21)20(4)5;/h7-11H2,1-6H3,(H,16,22)(H2,17,18,19);1H. The maximum atomic E-state index is 12.0. The third kappa shape index (κ3) is 10.6. The van der Waals surface area contributed by atoms with E-state index in [0.717, 1.165) is 0 Å². The van der Waals surface area contributed by atoms with E-state index in [9.17, 15) is 9.59 Å². The highest BCUT2D eigenvalue weighted by Crippen LogP contribution is 2.13. The number of amides is 2. The first-order valence-corrected chi connectivity index (χ1v) is 7.74. The summed E-state index contributed by atoms with van der Waals surface area (Å²) in [5.41, 5.74) is -0.592. The molecule has 0 saturated heterocycles. The molecule has 0 spiro atoms. The van der Waals surface area contributed by atoms with Crippen LogP contribution in [0.3, 0.4) is 0 Å². The fraction of sp³-hybridized carbons (Fsp3) is 0.800. The van der Waals surface area contributed by atoms with Crippen LogP contribution < -0.4 is 16.0 Å². The largest absolute Gasteiger partial charge is 0.383 e. The zero-order valence-corrected chi connectivity index (χ0v) is 17.9. The van der Waals surface area contributed by atoms with Crippen LogP contribution >= 0.6 is 24.0 Å². The van der Waals surface area contributed by atoms with E-state index in [-0.39, 0.29) is 42.3 Å². The smallest absolute Gasteiger partial charge is 0.243 e. The maximum absolute atomic E-state index is 12.0. The van der Waals surface area contributed by atoms with E-state index in [1.54, 1.807) is 21.2 Å². The Hall–Kier alpha value is -1.10. The number of methoxy groups -OCH3 is 1. The molecule has 2 amide bonds. The van der Waals surface area contributed by atoms with Crippen molar-refractivity contribution in [3.05, 3.63) is 0 Å². The van der Waals surface area contributed by atoms with Crippen LogP contribution in [0.25, 0.3) is 0 Å². The molecule has 0 aromatic heterocycles. The van der Waals surface area contributed by atoms with Crippen LogP contribution in [-0.4, -0.2) is 76.7 Å². The first-order chi connectivity index (χ1) is 10.7. The normalized spacial score (nSPS) is 11.3. The minimum Gasteiger partial charge on any atom is -0.383 e. The molecule has 0 aliphatic carbocycles. The van der Waals surface area contributed by atoms with Gasteiger partial charge in [-0.05, 0) is 20.8 Å². The molecular weight excluding hydrogens is 425 g/mol. The lowest BCUT2D eigenvalue weighted by molar-refractivity contribution is -0.129. The molecule has 0 aromatic carbocycles. The van der Waals surface area contributed by atoms with Gasteiger partial charge in [0.05, 0.1) is 12.0 Å². The van der Waals surface area contributed by atoms with Gasteiger partial charge in [0.15, 0.2) is 5.96 Å². The van der Waals surface area contributed by atoms with Gasteiger partial charge in [-0.1, -0.05) is 0 Å². The number of guanidine groups is 1. The lowest BCUT2D eigenvalue weighted by Crippen LogP contribution is -2.48. The van der Waals surface area contributed by atoms with E-state index in [1.165, 1.54) is 4.90 Å². The summed E-state index contributed by atoms with van der Waals surface area (Å²) in [6, 6.07) is 0. The second kappa shape index (κ2) is 13.2. The Morgan fingerprint density at radius 1 is 1.17 bits per heavy atom. The molecule has 0 unspecified atom stereocenters. The summed E-state index contributed by atoms with van der Waals surface area (Å²) in [6.45, 7) is 7.68. The van der Waals surface area contributed by atoms with Crippen molar-refractivity contribution in [3.8, 4) is 0 Å². The first kappa shape index (κ1) is 25.1. The molecule has 24 heavy (non-hydrogen) atoms. The highest BCUT2D eigenvalue weighted by molar-refractivity contribution is 14.0. The molecule has 0 aromatic rings. The van der Waals surface area contributed by atoms with Gasteiger partial charge in [-0.15, -0.1) is 24.0 Å². The van der Waals surface area contributed by atoms with Crippen molar-refractivity contribution in [2.45, 2.75) is 20.8 Å². The van der Waals surface area contributed by atoms with Gasteiger partial charge < -0.3 is 25.6 Å². The molecule has 0 radical (unpaired) electrons. The zero-order valence-electron chi connectivity index (χ0n) is 15.6. The second-order valence-corrected chi connectivity index (χ2v) is 5.97. The van der Waals surface area contributed by atoms with Crippen LogP contribution in [0.2, 0.25) is 0 Å². The summed E-state index contributed by atoms with van der Waals surface area (Å²) in [6.07, 6.45) is 0. The van der Waals surface area contributed by atoms with Crippen molar-refractivity contribution < 1.29 is 14.3 Å². The van der Waals surface area contributed by atoms with Gasteiger partial charge in [0.1, 0.15) is 6.54 Å². The number of rotatable bonds is 9. The van der Waals surface area contributed by atoms with Crippen molar-refractivity contribution in [2.75, 3.05) is 54.0 Å². The average molecular weight is 457 g/mol. The molecule has 0 atom stereocenters. The summed E-state index contributed by atoms with van der Waals surface area (Å²) in [7, 11) is 4.97. The first-order valence-electron chi connectivity index (χ1n) is 7.74. The van der Waals surface area contributed by atoms with Gasteiger partial charge in [0.25, 0.3) is 0 Å². The van der Waals surface area contributed by atoms with Crippen LogP contribution in [0.4, 0.5) is 0 Å². The number of carbonyl (C=O) groups excluding carboxylic acids is 2. The summed E-state index contributed by atoms with van der Waals surface area (Å²) < 4.78 is 4.99. The number of likely N-dealkylation sites (N-methyl/N-ethyl adjacent to an activating group) is 1. The number of nitrogens with zero attached hydrogens (tertiary/aromatic N) is 2. The number of hydrogen-bond donors (Lipinski definition) is 3. The van der Waals surface area contributed by atoms with Crippen molar-refractivity contribution in [1.82, 2.24) is 20.9 Å². The van der Waals surface area contributed by atoms with Crippen LogP contribution in [0.1, 0.15) is 20.8 Å². The lowest BCUT2D eigenvalue weighted by atomic mass is 9.92. The number of aliphatic imine (C=N–C) groups is 1. The molecular formula is C15H32IN5O3. The monoisotopic (exact) mass is 457 g/mol. The molecule has 0 aliphatic rings. The van der Waals surface area contributed by atoms with Crippen molar-refractivity contribution in [2.24, 2.45) is 10.4 Å².